The van der Waals surface area contributed by atoms with Crippen LogP contribution in [0.1, 0.15) is 73.5 Å². The maximum Gasteiger partial charge on any atom is 0.251 e. The number of amides is 3. The molecule has 8 N–H and O–H groups in total. The Morgan fingerprint density at radius 3 is 1.80 bits per heavy atom. The molecule has 5 aromatic carbocycles. The summed E-state index contributed by atoms with van der Waals surface area (Å²) in [6.07, 6.45) is -6.33. The lowest BCUT2D eigenvalue weighted by molar-refractivity contribution is -0.131. The molecular formula is C47H50FN3O10. The van der Waals surface area contributed by atoms with E-state index in [9.17, 15) is 44.3 Å². The predicted molar refractivity (Wildman–Crippen MR) is 224 cm³/mol. The van der Waals surface area contributed by atoms with Gasteiger partial charge >= 0.3 is 0 Å². The van der Waals surface area contributed by atoms with Crippen LogP contribution in [0, 0.1) is 11.7 Å². The Morgan fingerprint density at radius 1 is 0.705 bits per heavy atom. The van der Waals surface area contributed by atoms with Gasteiger partial charge in [-0.25, -0.2) is 4.39 Å². The molecule has 6 rings (SSSR count). The van der Waals surface area contributed by atoms with E-state index in [1.807, 2.05) is 60.7 Å². The summed E-state index contributed by atoms with van der Waals surface area (Å²) < 4.78 is 18.8. The normalized spacial score (nSPS) is 17.4. The molecule has 0 aromatic heterocycles. The zero-order valence-electron chi connectivity index (χ0n) is 33.5. The molecule has 0 aliphatic carbocycles. The smallest absolute Gasteiger partial charge is 0.251 e. The lowest BCUT2D eigenvalue weighted by Gasteiger charge is -2.48. The predicted octanol–water partition coefficient (Wildman–Crippen LogP) is 3.74. The third-order valence-electron chi connectivity index (χ3n) is 11.0. The van der Waals surface area contributed by atoms with E-state index in [4.69, 9.17) is 9.84 Å². The summed E-state index contributed by atoms with van der Waals surface area (Å²) in [6, 6.07) is 34.3. The molecule has 0 radical (unpaired) electrons. The van der Waals surface area contributed by atoms with E-state index in [2.05, 4.69) is 10.6 Å². The number of carbonyl (C=O) groups is 3. The fraction of sp³-hybridized carbons (Fsp3) is 0.298. The number of methoxy groups -OCH3 is 1. The van der Waals surface area contributed by atoms with Crippen LogP contribution >= 0.6 is 0 Å². The molecule has 1 heterocycles. The minimum Gasteiger partial charge on any atom is -0.497 e. The number of hydrogen-bond donors (Lipinski definition) is 8. The van der Waals surface area contributed by atoms with Crippen molar-refractivity contribution in [3.05, 3.63) is 166 Å². The Hall–Kier alpha value is -6.00. The number of aliphatic hydroxyl groups is 6. The van der Waals surface area contributed by atoms with Crippen molar-refractivity contribution < 1.29 is 54.2 Å². The van der Waals surface area contributed by atoms with Crippen molar-refractivity contribution in [3.8, 4) is 5.75 Å². The summed E-state index contributed by atoms with van der Waals surface area (Å²) in [5, 5.41) is 64.3. The summed E-state index contributed by atoms with van der Waals surface area (Å²) in [6.45, 7) is -0.941. The van der Waals surface area contributed by atoms with Crippen molar-refractivity contribution in [2.75, 3.05) is 25.2 Å². The van der Waals surface area contributed by atoms with E-state index in [1.165, 1.54) is 12.1 Å². The van der Waals surface area contributed by atoms with E-state index in [0.29, 0.717) is 47.4 Å². The van der Waals surface area contributed by atoms with Crippen molar-refractivity contribution >= 4 is 23.4 Å². The van der Waals surface area contributed by atoms with E-state index >= 15 is 0 Å². The third-order valence-corrected chi connectivity index (χ3v) is 11.0. The summed E-state index contributed by atoms with van der Waals surface area (Å²) in [7, 11) is 1.59. The molecule has 1 aliphatic rings. The molecule has 61 heavy (non-hydrogen) atoms. The Labute approximate surface area is 352 Å². The Morgan fingerprint density at radius 2 is 1.25 bits per heavy atom. The fourth-order valence-electron chi connectivity index (χ4n) is 7.32. The van der Waals surface area contributed by atoms with Crippen molar-refractivity contribution in [3.63, 3.8) is 0 Å². The molecule has 5 aromatic rings. The van der Waals surface area contributed by atoms with Crippen LogP contribution in [0.25, 0.3) is 0 Å². The zero-order valence-corrected chi connectivity index (χ0v) is 33.5. The van der Waals surface area contributed by atoms with Crippen molar-refractivity contribution in [1.29, 1.82) is 0 Å². The first-order valence-electron chi connectivity index (χ1n) is 19.9. The molecule has 0 bridgehead atoms. The van der Waals surface area contributed by atoms with Gasteiger partial charge < -0.3 is 50.9 Å². The largest absolute Gasteiger partial charge is 0.497 e. The number of aliphatic hydroxyl groups excluding tert-OH is 6. The van der Waals surface area contributed by atoms with Gasteiger partial charge in [0.05, 0.1) is 37.9 Å². The molecule has 3 amide bonds. The number of ether oxygens (including phenoxy) is 1. The molecule has 1 saturated heterocycles. The van der Waals surface area contributed by atoms with Gasteiger partial charge in [-0.2, -0.15) is 0 Å². The maximum atomic E-state index is 13.6. The maximum absolute atomic E-state index is 13.6. The van der Waals surface area contributed by atoms with Gasteiger partial charge in [-0.05, 0) is 108 Å². The number of nitrogens with zero attached hydrogens (tertiary/aromatic N) is 1. The van der Waals surface area contributed by atoms with Crippen molar-refractivity contribution in [2.24, 2.45) is 5.92 Å². The quantitative estimate of drug-likeness (QED) is 0.0566. The molecule has 7 unspecified atom stereocenters. The van der Waals surface area contributed by atoms with Gasteiger partial charge in [-0.1, -0.05) is 60.7 Å². The average Bonchev–Trinajstić information content (AvgIpc) is 3.29. The van der Waals surface area contributed by atoms with Crippen LogP contribution in [0.4, 0.5) is 10.1 Å². The molecule has 1 aliphatic heterocycles. The number of nitrogens with one attached hydrogen (secondary N) is 2. The van der Waals surface area contributed by atoms with Gasteiger partial charge in [0, 0.05) is 29.9 Å². The van der Waals surface area contributed by atoms with Crippen LogP contribution in [0.15, 0.2) is 121 Å². The second kappa shape index (κ2) is 20.5. The average molecular weight is 836 g/mol. The van der Waals surface area contributed by atoms with Gasteiger partial charge in [-0.3, -0.25) is 14.4 Å². The highest BCUT2D eigenvalue weighted by Gasteiger charge is 2.48. The monoisotopic (exact) mass is 835 g/mol. The number of anilines is 1. The fourth-order valence-corrected chi connectivity index (χ4v) is 7.32. The van der Waals surface area contributed by atoms with Gasteiger partial charge in [0.1, 0.15) is 29.9 Å². The lowest BCUT2D eigenvalue weighted by Crippen LogP contribution is -2.55. The molecule has 13 nitrogen and oxygen atoms in total. The zero-order chi connectivity index (χ0) is 43.6. The molecule has 0 spiro atoms. The number of hydrogen-bond acceptors (Lipinski definition) is 10. The van der Waals surface area contributed by atoms with E-state index in [1.54, 1.807) is 60.5 Å². The van der Waals surface area contributed by atoms with Crippen LogP contribution in [-0.2, 0) is 17.8 Å². The molecule has 7 atom stereocenters. The van der Waals surface area contributed by atoms with Crippen LogP contribution in [0.5, 0.6) is 5.75 Å². The molecule has 14 heteroatoms. The van der Waals surface area contributed by atoms with Crippen LogP contribution in [0.2, 0.25) is 0 Å². The minimum absolute atomic E-state index is 0.0659. The van der Waals surface area contributed by atoms with Gasteiger partial charge in [0.2, 0.25) is 5.91 Å². The highest BCUT2D eigenvalue weighted by Crippen LogP contribution is 2.46. The molecule has 1 fully saturated rings. The van der Waals surface area contributed by atoms with Crippen LogP contribution < -0.4 is 20.3 Å². The second-order valence-corrected chi connectivity index (χ2v) is 15.1. The van der Waals surface area contributed by atoms with Crippen LogP contribution in [0.3, 0.4) is 0 Å². The van der Waals surface area contributed by atoms with E-state index in [-0.39, 0.29) is 36.1 Å². The highest BCUT2D eigenvalue weighted by molar-refractivity contribution is 6.03. The van der Waals surface area contributed by atoms with E-state index in [0.717, 1.165) is 22.3 Å². The summed E-state index contributed by atoms with van der Waals surface area (Å²) in [5.74, 6) is -0.909. The summed E-state index contributed by atoms with van der Waals surface area (Å²) in [4.78, 5) is 41.0. The number of halogens is 1. The standard InChI is InChI=1S/C47H50FN3O10/c1-61-37-20-14-32(15-21-37)42-38(22-23-39(53)31-12-16-35(48)17-13-31)47(60)51(42)36-18-6-30(7-19-36)25-49-45(58)33-8-2-28(3-9-33)24-29-4-10-34(11-5-29)46(59)50-26-40(54)43(56)44(57)41(55)27-52/h2-21,38-44,52-57H,22-27H2,1H3,(H,49,58)(H,50,59). The number of β-lactam (4-membered cyclic amide) rings is 1. The van der Waals surface area contributed by atoms with Crippen molar-refractivity contribution in [2.45, 2.75) is 62.4 Å². The van der Waals surface area contributed by atoms with Gasteiger partial charge in [-0.15, -0.1) is 0 Å². The molecule has 0 saturated carbocycles. The lowest BCUT2D eigenvalue weighted by atomic mass is 9.78. The topological polar surface area (TPSA) is 209 Å². The van der Waals surface area contributed by atoms with Gasteiger partial charge in [0.25, 0.3) is 11.8 Å². The van der Waals surface area contributed by atoms with Gasteiger partial charge in [0.15, 0.2) is 0 Å². The molecule has 320 valence electrons. The van der Waals surface area contributed by atoms with Crippen LogP contribution in [-0.4, -0.2) is 93.0 Å². The first-order chi connectivity index (χ1) is 29.4. The Balaban J connectivity index is 0.998. The molecular weight excluding hydrogens is 786 g/mol. The number of carbonyl (C=O) groups excluding carboxylic acids is 3. The highest BCUT2D eigenvalue weighted by atomic mass is 19.1. The van der Waals surface area contributed by atoms with E-state index < -0.39 is 49.6 Å². The number of rotatable bonds is 19. The third kappa shape index (κ3) is 11.0. The summed E-state index contributed by atoms with van der Waals surface area (Å²) >= 11 is 0. The Kier molecular flexibility index (Phi) is 15.0. The minimum atomic E-state index is -1.79. The second-order valence-electron chi connectivity index (χ2n) is 15.1. The first kappa shape index (κ1) is 44.5. The summed E-state index contributed by atoms with van der Waals surface area (Å²) in [5.41, 5.74) is 5.68. The first-order valence-corrected chi connectivity index (χ1v) is 19.9. The number of benzene rings is 5. The Bertz CT molecular complexity index is 2220. The SMILES string of the molecule is COc1ccc(C2C(CCC(O)c3ccc(F)cc3)C(=O)N2c2ccc(CNC(=O)c3ccc(Cc4ccc(C(=O)NCC(O)C(O)C(O)C(O)CO)cc4)cc3)cc2)cc1. The van der Waals surface area contributed by atoms with Crippen molar-refractivity contribution in [1.82, 2.24) is 10.6 Å².